The van der Waals surface area contributed by atoms with Crippen molar-refractivity contribution in [2.75, 3.05) is 0 Å². The summed E-state index contributed by atoms with van der Waals surface area (Å²) in [5.74, 6) is 1.68. The molecule has 0 aromatic heterocycles. The zero-order chi connectivity index (χ0) is 9.84. The summed E-state index contributed by atoms with van der Waals surface area (Å²) in [5, 5.41) is 12.9. The van der Waals surface area contributed by atoms with Crippen LogP contribution in [0, 0.1) is 11.8 Å². The highest BCUT2D eigenvalue weighted by Gasteiger charge is 2.38. The van der Waals surface area contributed by atoms with Crippen LogP contribution in [0.5, 0.6) is 0 Å². The molecule has 78 valence electrons. The monoisotopic (exact) mass is 185 g/mol. The van der Waals surface area contributed by atoms with Gasteiger partial charge in [0.2, 0.25) is 0 Å². The van der Waals surface area contributed by atoms with E-state index in [1.54, 1.807) is 0 Å². The van der Waals surface area contributed by atoms with Gasteiger partial charge in [0.1, 0.15) is 6.23 Å². The SMILES string of the molecule is CCCC(O)NC(CC)C1CC1C. The molecule has 4 atom stereocenters. The summed E-state index contributed by atoms with van der Waals surface area (Å²) >= 11 is 0. The molecular weight excluding hydrogens is 162 g/mol. The van der Waals surface area contributed by atoms with E-state index in [0.717, 1.165) is 31.1 Å². The molecule has 2 N–H and O–H groups in total. The van der Waals surface area contributed by atoms with Crippen LogP contribution in [0.15, 0.2) is 0 Å². The second-order valence-electron chi connectivity index (χ2n) is 4.36. The Labute approximate surface area is 81.7 Å². The van der Waals surface area contributed by atoms with Crippen molar-refractivity contribution >= 4 is 0 Å². The molecule has 0 aromatic carbocycles. The molecule has 1 rings (SSSR count). The normalized spacial score (nSPS) is 31.4. The number of hydrogen-bond acceptors (Lipinski definition) is 2. The van der Waals surface area contributed by atoms with Gasteiger partial charge in [-0.2, -0.15) is 0 Å². The van der Waals surface area contributed by atoms with Crippen molar-refractivity contribution in [2.45, 2.75) is 58.7 Å². The van der Waals surface area contributed by atoms with Crippen LogP contribution in [0.3, 0.4) is 0 Å². The molecule has 0 heterocycles. The second-order valence-corrected chi connectivity index (χ2v) is 4.36. The first-order chi connectivity index (χ1) is 6.19. The molecule has 0 aliphatic heterocycles. The third kappa shape index (κ3) is 3.28. The first-order valence-corrected chi connectivity index (χ1v) is 5.63. The summed E-state index contributed by atoms with van der Waals surface area (Å²) in [6.45, 7) is 6.59. The smallest absolute Gasteiger partial charge is 0.105 e. The molecule has 1 aliphatic rings. The van der Waals surface area contributed by atoms with Gasteiger partial charge in [-0.05, 0) is 31.1 Å². The minimum absolute atomic E-state index is 0.289. The van der Waals surface area contributed by atoms with Crippen molar-refractivity contribution < 1.29 is 5.11 Å². The summed E-state index contributed by atoms with van der Waals surface area (Å²) in [6.07, 6.45) is 4.10. The van der Waals surface area contributed by atoms with Crippen molar-refractivity contribution in [3.8, 4) is 0 Å². The maximum atomic E-state index is 9.60. The summed E-state index contributed by atoms with van der Waals surface area (Å²) < 4.78 is 0. The predicted molar refractivity (Wildman–Crippen MR) is 55.4 cm³/mol. The lowest BCUT2D eigenvalue weighted by atomic mass is 10.1. The van der Waals surface area contributed by atoms with Crippen molar-refractivity contribution in [1.29, 1.82) is 0 Å². The van der Waals surface area contributed by atoms with Gasteiger partial charge >= 0.3 is 0 Å². The van der Waals surface area contributed by atoms with E-state index >= 15 is 0 Å². The molecule has 13 heavy (non-hydrogen) atoms. The van der Waals surface area contributed by atoms with E-state index in [9.17, 15) is 5.11 Å². The largest absolute Gasteiger partial charge is 0.379 e. The molecular formula is C11H23NO. The molecule has 0 bridgehead atoms. The maximum Gasteiger partial charge on any atom is 0.105 e. The van der Waals surface area contributed by atoms with Gasteiger partial charge in [-0.25, -0.2) is 0 Å². The van der Waals surface area contributed by atoms with E-state index in [1.807, 2.05) is 0 Å². The lowest BCUT2D eigenvalue weighted by molar-refractivity contribution is 0.106. The van der Waals surface area contributed by atoms with Crippen LogP contribution in [-0.4, -0.2) is 17.4 Å². The van der Waals surface area contributed by atoms with Gasteiger partial charge in [0, 0.05) is 6.04 Å². The Morgan fingerprint density at radius 3 is 2.46 bits per heavy atom. The molecule has 0 radical (unpaired) electrons. The topological polar surface area (TPSA) is 32.3 Å². The van der Waals surface area contributed by atoms with Crippen molar-refractivity contribution in [1.82, 2.24) is 5.32 Å². The quantitative estimate of drug-likeness (QED) is 0.621. The lowest BCUT2D eigenvalue weighted by Crippen LogP contribution is -2.39. The molecule has 0 saturated heterocycles. The number of hydrogen-bond donors (Lipinski definition) is 2. The lowest BCUT2D eigenvalue weighted by Gasteiger charge is -2.21. The fourth-order valence-electron chi connectivity index (χ4n) is 2.06. The Kier molecular flexibility index (Phi) is 4.20. The highest BCUT2D eigenvalue weighted by molar-refractivity contribution is 4.91. The van der Waals surface area contributed by atoms with E-state index in [1.165, 1.54) is 6.42 Å². The third-order valence-corrected chi connectivity index (χ3v) is 3.10. The number of rotatable bonds is 6. The van der Waals surface area contributed by atoms with Crippen molar-refractivity contribution in [3.05, 3.63) is 0 Å². The van der Waals surface area contributed by atoms with Crippen molar-refractivity contribution in [2.24, 2.45) is 11.8 Å². The Bertz CT molecular complexity index is 149. The molecule has 2 heteroatoms. The average Bonchev–Trinajstić information content (AvgIpc) is 2.79. The van der Waals surface area contributed by atoms with Gasteiger partial charge in [-0.1, -0.05) is 27.2 Å². The summed E-state index contributed by atoms with van der Waals surface area (Å²) in [4.78, 5) is 0. The minimum Gasteiger partial charge on any atom is -0.379 e. The van der Waals surface area contributed by atoms with E-state index < -0.39 is 0 Å². The predicted octanol–water partition coefficient (Wildman–Crippen LogP) is 2.13. The third-order valence-electron chi connectivity index (χ3n) is 3.10. The molecule has 1 aliphatic carbocycles. The Balaban J connectivity index is 2.23. The first kappa shape index (κ1) is 11.0. The molecule has 4 unspecified atom stereocenters. The Hall–Kier alpha value is -0.0800. The van der Waals surface area contributed by atoms with Crippen LogP contribution in [0.4, 0.5) is 0 Å². The van der Waals surface area contributed by atoms with Gasteiger partial charge in [-0.15, -0.1) is 0 Å². The highest BCUT2D eigenvalue weighted by Crippen LogP contribution is 2.41. The summed E-state index contributed by atoms with van der Waals surface area (Å²) in [5.41, 5.74) is 0. The van der Waals surface area contributed by atoms with Gasteiger partial charge in [0.15, 0.2) is 0 Å². The van der Waals surface area contributed by atoms with Crippen LogP contribution in [0.2, 0.25) is 0 Å². The molecule has 0 spiro atoms. The minimum atomic E-state index is -0.289. The summed E-state index contributed by atoms with van der Waals surface area (Å²) in [6, 6.07) is 0.538. The first-order valence-electron chi connectivity index (χ1n) is 5.63. The Morgan fingerprint density at radius 2 is 2.08 bits per heavy atom. The highest BCUT2D eigenvalue weighted by atomic mass is 16.3. The standard InChI is InChI=1S/C11H23NO/c1-4-6-11(13)12-10(5-2)9-7-8(9)3/h8-13H,4-7H2,1-3H3. The van der Waals surface area contributed by atoms with Gasteiger partial charge in [-0.3, -0.25) is 5.32 Å². The number of nitrogens with one attached hydrogen (secondary N) is 1. The number of aliphatic hydroxyl groups is 1. The van der Waals surface area contributed by atoms with Crippen molar-refractivity contribution in [3.63, 3.8) is 0 Å². The van der Waals surface area contributed by atoms with Crippen LogP contribution in [-0.2, 0) is 0 Å². The maximum absolute atomic E-state index is 9.60. The van der Waals surface area contributed by atoms with E-state index in [2.05, 4.69) is 26.1 Å². The van der Waals surface area contributed by atoms with Crippen LogP contribution < -0.4 is 5.32 Å². The van der Waals surface area contributed by atoms with Crippen LogP contribution in [0.25, 0.3) is 0 Å². The fraction of sp³-hybridized carbons (Fsp3) is 1.00. The zero-order valence-corrected chi connectivity index (χ0v) is 9.09. The van der Waals surface area contributed by atoms with Gasteiger partial charge < -0.3 is 5.11 Å². The van der Waals surface area contributed by atoms with E-state index in [-0.39, 0.29) is 6.23 Å². The molecule has 0 aromatic rings. The molecule has 0 amide bonds. The van der Waals surface area contributed by atoms with Crippen LogP contribution >= 0.6 is 0 Å². The second kappa shape index (κ2) is 4.97. The average molecular weight is 185 g/mol. The number of aliphatic hydroxyl groups excluding tert-OH is 1. The fourth-order valence-corrected chi connectivity index (χ4v) is 2.06. The Morgan fingerprint density at radius 1 is 1.46 bits per heavy atom. The van der Waals surface area contributed by atoms with Crippen LogP contribution in [0.1, 0.15) is 46.5 Å². The molecule has 1 saturated carbocycles. The summed E-state index contributed by atoms with van der Waals surface area (Å²) in [7, 11) is 0. The molecule has 1 fully saturated rings. The van der Waals surface area contributed by atoms with Gasteiger partial charge in [0.25, 0.3) is 0 Å². The zero-order valence-electron chi connectivity index (χ0n) is 9.09. The van der Waals surface area contributed by atoms with E-state index in [0.29, 0.717) is 6.04 Å². The molecule has 2 nitrogen and oxygen atoms in total. The van der Waals surface area contributed by atoms with Gasteiger partial charge in [0.05, 0.1) is 0 Å². The van der Waals surface area contributed by atoms with E-state index in [4.69, 9.17) is 0 Å².